The first-order valence-corrected chi connectivity index (χ1v) is 9.19. The first-order chi connectivity index (χ1) is 15.1. The highest BCUT2D eigenvalue weighted by atomic mass is 16.5. The zero-order valence-electron chi connectivity index (χ0n) is 17.6. The summed E-state index contributed by atoms with van der Waals surface area (Å²) in [7, 11) is 6.23. The van der Waals surface area contributed by atoms with Gasteiger partial charge in [0, 0.05) is 23.3 Å². The lowest BCUT2D eigenvalue weighted by Gasteiger charge is -2.10. The summed E-state index contributed by atoms with van der Waals surface area (Å²) >= 11 is 0. The number of rotatable bonds is 8. The molecule has 0 saturated carbocycles. The van der Waals surface area contributed by atoms with Gasteiger partial charge in [0.15, 0.2) is 0 Å². The van der Waals surface area contributed by atoms with Crippen LogP contribution in [0.5, 0.6) is 23.0 Å². The number of nitrogens with zero attached hydrogens (tertiary/aromatic N) is 3. The maximum atomic E-state index is 12.5. The van der Waals surface area contributed by atoms with Gasteiger partial charge in [-0.15, -0.1) is 0 Å². The molecule has 0 spiro atoms. The summed E-state index contributed by atoms with van der Waals surface area (Å²) in [5.41, 5.74) is 4.40. The fraction of sp³-hybridized carbons (Fsp3) is 0.182. The molecule has 1 amide bonds. The van der Waals surface area contributed by atoms with E-state index in [0.29, 0.717) is 39.8 Å². The van der Waals surface area contributed by atoms with Crippen LogP contribution >= 0.6 is 0 Å². The molecule has 0 aliphatic heterocycles. The molecule has 9 heteroatoms. The second-order valence-corrected chi connectivity index (χ2v) is 6.20. The van der Waals surface area contributed by atoms with Crippen molar-refractivity contribution in [2.45, 2.75) is 0 Å². The highest BCUT2D eigenvalue weighted by Gasteiger charge is 2.13. The number of carbonyl (C=O) groups is 1. The number of methoxy groups -OCH3 is 4. The van der Waals surface area contributed by atoms with Crippen molar-refractivity contribution in [2.75, 3.05) is 28.4 Å². The number of ether oxygens (including phenoxy) is 4. The second kappa shape index (κ2) is 10.1. The minimum absolute atomic E-state index is 0.107. The Labute approximate surface area is 179 Å². The summed E-state index contributed by atoms with van der Waals surface area (Å²) < 4.78 is 21.0. The van der Waals surface area contributed by atoms with Gasteiger partial charge in [-0.25, -0.2) is 10.4 Å². The molecule has 1 heterocycles. The van der Waals surface area contributed by atoms with Gasteiger partial charge in [0.1, 0.15) is 28.7 Å². The number of benzene rings is 2. The normalized spacial score (nSPS) is 10.6. The molecule has 160 valence electrons. The van der Waals surface area contributed by atoms with Crippen molar-refractivity contribution in [2.24, 2.45) is 5.10 Å². The van der Waals surface area contributed by atoms with Crippen LogP contribution in [-0.2, 0) is 0 Å². The van der Waals surface area contributed by atoms with Gasteiger partial charge in [0.05, 0.1) is 52.7 Å². The average molecular weight is 422 g/mol. The van der Waals surface area contributed by atoms with Gasteiger partial charge in [0.2, 0.25) is 0 Å². The largest absolute Gasteiger partial charge is 0.497 e. The summed E-state index contributed by atoms with van der Waals surface area (Å²) in [6, 6.07) is 10.6. The molecule has 1 N–H and O–H groups in total. The van der Waals surface area contributed by atoms with Crippen molar-refractivity contribution in [1.29, 1.82) is 0 Å². The number of hydrazone groups is 1. The lowest BCUT2D eigenvalue weighted by molar-refractivity contribution is 0.0950. The van der Waals surface area contributed by atoms with Crippen LogP contribution in [0.3, 0.4) is 0 Å². The number of hydrogen-bond acceptors (Lipinski definition) is 8. The molecule has 3 rings (SSSR count). The first-order valence-electron chi connectivity index (χ1n) is 9.19. The summed E-state index contributed by atoms with van der Waals surface area (Å²) in [5, 5.41) is 3.98. The lowest BCUT2D eigenvalue weighted by atomic mass is 10.1. The number of hydrogen-bond donors (Lipinski definition) is 1. The lowest BCUT2D eigenvalue weighted by Crippen LogP contribution is -2.19. The van der Waals surface area contributed by atoms with E-state index in [4.69, 9.17) is 18.9 Å². The van der Waals surface area contributed by atoms with E-state index in [1.165, 1.54) is 12.4 Å². The highest BCUT2D eigenvalue weighted by Crippen LogP contribution is 2.31. The second-order valence-electron chi connectivity index (χ2n) is 6.20. The zero-order valence-corrected chi connectivity index (χ0v) is 17.6. The third kappa shape index (κ3) is 5.27. The first kappa shape index (κ1) is 21.6. The minimum Gasteiger partial charge on any atom is -0.497 e. The van der Waals surface area contributed by atoms with E-state index in [-0.39, 0.29) is 5.69 Å². The fourth-order valence-corrected chi connectivity index (χ4v) is 2.74. The van der Waals surface area contributed by atoms with Gasteiger partial charge in [-0.2, -0.15) is 5.10 Å². The Balaban J connectivity index is 1.77. The number of carbonyl (C=O) groups excluding carboxylic acids is 1. The van der Waals surface area contributed by atoms with E-state index in [0.717, 1.165) is 0 Å². The van der Waals surface area contributed by atoms with Gasteiger partial charge in [0.25, 0.3) is 5.91 Å². The molecule has 1 aromatic heterocycles. The number of aromatic nitrogens is 2. The van der Waals surface area contributed by atoms with Gasteiger partial charge >= 0.3 is 0 Å². The Hall–Kier alpha value is -4.14. The van der Waals surface area contributed by atoms with Gasteiger partial charge in [-0.05, 0) is 24.3 Å². The molecule has 31 heavy (non-hydrogen) atoms. The topological polar surface area (TPSA) is 104 Å². The molecule has 0 aliphatic rings. The van der Waals surface area contributed by atoms with Crippen LogP contribution in [0.25, 0.3) is 11.3 Å². The standard InChI is InChI=1S/C22H22N4O5/c1-28-15-5-6-18(21(10-15)31-4)19-12-23-13-20(25-19)22(27)26-24-11-14-7-16(29-2)9-17(8-14)30-3/h5-13H,1-4H3,(H,26,27)/b24-11+. The zero-order chi connectivity index (χ0) is 22.2. The molecule has 3 aromatic rings. The van der Waals surface area contributed by atoms with Crippen LogP contribution in [0.15, 0.2) is 53.9 Å². The predicted molar refractivity (Wildman–Crippen MR) is 115 cm³/mol. The Morgan fingerprint density at radius 3 is 2.26 bits per heavy atom. The molecule has 0 fully saturated rings. The predicted octanol–water partition coefficient (Wildman–Crippen LogP) is 2.94. The van der Waals surface area contributed by atoms with Crippen molar-refractivity contribution in [3.63, 3.8) is 0 Å². The van der Waals surface area contributed by atoms with Gasteiger partial charge in [-0.1, -0.05) is 0 Å². The van der Waals surface area contributed by atoms with Crippen molar-refractivity contribution >= 4 is 12.1 Å². The highest BCUT2D eigenvalue weighted by molar-refractivity contribution is 5.93. The minimum atomic E-state index is -0.507. The van der Waals surface area contributed by atoms with Crippen LogP contribution in [0.4, 0.5) is 0 Å². The fourth-order valence-electron chi connectivity index (χ4n) is 2.74. The van der Waals surface area contributed by atoms with E-state index in [1.54, 1.807) is 71.0 Å². The third-order valence-electron chi connectivity index (χ3n) is 4.31. The third-order valence-corrected chi connectivity index (χ3v) is 4.31. The molecule has 0 saturated heterocycles. The molecule has 0 atom stereocenters. The van der Waals surface area contributed by atoms with Crippen molar-refractivity contribution < 1.29 is 23.7 Å². The summed E-state index contributed by atoms with van der Waals surface area (Å²) in [6.45, 7) is 0. The van der Waals surface area contributed by atoms with Crippen molar-refractivity contribution in [1.82, 2.24) is 15.4 Å². The molecular weight excluding hydrogens is 400 g/mol. The van der Waals surface area contributed by atoms with Gasteiger partial charge < -0.3 is 18.9 Å². The van der Waals surface area contributed by atoms with E-state index < -0.39 is 5.91 Å². The monoisotopic (exact) mass is 422 g/mol. The Bertz CT molecular complexity index is 1080. The number of nitrogens with one attached hydrogen (secondary N) is 1. The van der Waals surface area contributed by atoms with E-state index in [9.17, 15) is 4.79 Å². The SMILES string of the molecule is COc1cc(/C=N/NC(=O)c2cncc(-c3ccc(OC)cc3OC)n2)cc(OC)c1. The van der Waals surface area contributed by atoms with Crippen LogP contribution < -0.4 is 24.4 Å². The quantitative estimate of drug-likeness (QED) is 0.440. The van der Waals surface area contributed by atoms with E-state index in [1.807, 2.05) is 0 Å². The smallest absolute Gasteiger partial charge is 0.291 e. The van der Waals surface area contributed by atoms with Gasteiger partial charge in [-0.3, -0.25) is 9.78 Å². The summed E-state index contributed by atoms with van der Waals surface area (Å²) in [5.74, 6) is 1.91. The molecular formula is C22H22N4O5. The molecule has 2 aromatic carbocycles. The Morgan fingerprint density at radius 2 is 1.61 bits per heavy atom. The summed E-state index contributed by atoms with van der Waals surface area (Å²) in [6.07, 6.45) is 4.39. The molecule has 0 unspecified atom stereocenters. The van der Waals surface area contributed by atoms with Crippen molar-refractivity contribution in [3.8, 4) is 34.3 Å². The maximum absolute atomic E-state index is 12.5. The van der Waals surface area contributed by atoms with Crippen molar-refractivity contribution in [3.05, 3.63) is 60.0 Å². The van der Waals surface area contributed by atoms with E-state index >= 15 is 0 Å². The molecule has 0 radical (unpaired) electrons. The van der Waals surface area contributed by atoms with Crippen LogP contribution in [0.2, 0.25) is 0 Å². The maximum Gasteiger partial charge on any atom is 0.291 e. The molecule has 0 bridgehead atoms. The van der Waals surface area contributed by atoms with Crippen LogP contribution in [0, 0.1) is 0 Å². The average Bonchev–Trinajstić information content (AvgIpc) is 2.83. The van der Waals surface area contributed by atoms with Crippen LogP contribution in [0.1, 0.15) is 16.1 Å². The van der Waals surface area contributed by atoms with Crippen LogP contribution in [-0.4, -0.2) is 50.5 Å². The Kier molecular flexibility index (Phi) is 7.00. The Morgan fingerprint density at radius 1 is 0.903 bits per heavy atom. The van der Waals surface area contributed by atoms with E-state index in [2.05, 4.69) is 20.5 Å². The number of amides is 1. The molecule has 9 nitrogen and oxygen atoms in total. The summed E-state index contributed by atoms with van der Waals surface area (Å²) in [4.78, 5) is 21.0. The molecule has 0 aliphatic carbocycles.